The Labute approximate surface area is 146 Å². The van der Waals surface area contributed by atoms with Crippen LogP contribution in [0.25, 0.3) is 0 Å². The van der Waals surface area contributed by atoms with Gasteiger partial charge in [0.2, 0.25) is 11.8 Å². The van der Waals surface area contributed by atoms with E-state index in [1.54, 1.807) is 7.05 Å². The molecule has 0 aromatic rings. The molecule has 2 rings (SSSR count). The standard InChI is InChI=1S/C18H34N4O2/c1-14-5-7-21(11-14)17(24)10-20-13-18(2,3)15-6-8-22(12-15)16(23)9-19-4/h14-15,19-20H,5-13H2,1-4H3/t14-,15+/m0/s1. The number of amides is 2. The monoisotopic (exact) mass is 338 g/mol. The maximum Gasteiger partial charge on any atom is 0.236 e. The van der Waals surface area contributed by atoms with Crippen molar-refractivity contribution in [1.29, 1.82) is 0 Å². The van der Waals surface area contributed by atoms with Crippen molar-refractivity contribution < 1.29 is 9.59 Å². The Morgan fingerprint density at radius 1 is 1.04 bits per heavy atom. The number of likely N-dealkylation sites (N-methyl/N-ethyl adjacent to an activating group) is 1. The number of rotatable bonds is 7. The minimum Gasteiger partial charge on any atom is -0.341 e. The summed E-state index contributed by atoms with van der Waals surface area (Å²) in [5, 5.41) is 6.29. The first kappa shape index (κ1) is 19.2. The van der Waals surface area contributed by atoms with Gasteiger partial charge in [-0.15, -0.1) is 0 Å². The Kier molecular flexibility index (Phi) is 6.63. The lowest BCUT2D eigenvalue weighted by molar-refractivity contribution is -0.129. The minimum absolute atomic E-state index is 0.0766. The van der Waals surface area contributed by atoms with Crippen molar-refractivity contribution in [2.24, 2.45) is 17.3 Å². The van der Waals surface area contributed by atoms with Crippen molar-refractivity contribution in [2.75, 3.05) is 52.9 Å². The average molecular weight is 338 g/mol. The lowest BCUT2D eigenvalue weighted by Gasteiger charge is -2.32. The first-order valence-electron chi connectivity index (χ1n) is 9.24. The van der Waals surface area contributed by atoms with Crippen LogP contribution in [0, 0.1) is 17.3 Å². The van der Waals surface area contributed by atoms with Gasteiger partial charge in [0.1, 0.15) is 0 Å². The summed E-state index contributed by atoms with van der Waals surface area (Å²) >= 11 is 0. The molecule has 0 bridgehead atoms. The summed E-state index contributed by atoms with van der Waals surface area (Å²) in [5.74, 6) is 1.51. The second kappa shape index (κ2) is 8.30. The van der Waals surface area contributed by atoms with Crippen LogP contribution in [0.1, 0.15) is 33.6 Å². The van der Waals surface area contributed by atoms with Gasteiger partial charge < -0.3 is 20.4 Å². The Hall–Kier alpha value is -1.14. The number of carbonyl (C=O) groups is 2. The lowest BCUT2D eigenvalue weighted by atomic mass is 9.78. The highest BCUT2D eigenvalue weighted by atomic mass is 16.2. The van der Waals surface area contributed by atoms with Crippen LogP contribution in [0.5, 0.6) is 0 Å². The van der Waals surface area contributed by atoms with E-state index in [4.69, 9.17) is 0 Å². The SMILES string of the molecule is CNCC(=O)N1CC[C@@H](C(C)(C)CNCC(=O)N2CC[C@H](C)C2)C1. The van der Waals surface area contributed by atoms with Gasteiger partial charge in [0.15, 0.2) is 0 Å². The van der Waals surface area contributed by atoms with Gasteiger partial charge in [-0.2, -0.15) is 0 Å². The maximum atomic E-state index is 12.2. The van der Waals surface area contributed by atoms with Gasteiger partial charge in [0.05, 0.1) is 13.1 Å². The summed E-state index contributed by atoms with van der Waals surface area (Å²) in [6.45, 7) is 11.8. The van der Waals surface area contributed by atoms with Crippen LogP contribution in [0.4, 0.5) is 0 Å². The van der Waals surface area contributed by atoms with Crippen molar-refractivity contribution in [3.63, 3.8) is 0 Å². The Bertz CT molecular complexity index is 452. The van der Waals surface area contributed by atoms with Crippen LogP contribution < -0.4 is 10.6 Å². The number of nitrogens with zero attached hydrogens (tertiary/aromatic N) is 2. The van der Waals surface area contributed by atoms with Crippen molar-refractivity contribution in [1.82, 2.24) is 20.4 Å². The van der Waals surface area contributed by atoms with Crippen LogP contribution in [-0.2, 0) is 9.59 Å². The van der Waals surface area contributed by atoms with Gasteiger partial charge in [-0.25, -0.2) is 0 Å². The van der Waals surface area contributed by atoms with E-state index in [9.17, 15) is 9.59 Å². The van der Waals surface area contributed by atoms with E-state index in [1.165, 1.54) is 0 Å². The van der Waals surface area contributed by atoms with Crippen LogP contribution in [0.2, 0.25) is 0 Å². The topological polar surface area (TPSA) is 64.7 Å². The predicted octanol–water partition coefficient (Wildman–Crippen LogP) is 0.539. The largest absolute Gasteiger partial charge is 0.341 e. The van der Waals surface area contributed by atoms with Gasteiger partial charge in [0.25, 0.3) is 0 Å². The highest BCUT2D eigenvalue weighted by Crippen LogP contribution is 2.33. The minimum atomic E-state index is 0.0766. The summed E-state index contributed by atoms with van der Waals surface area (Å²) in [6.07, 6.45) is 2.16. The van der Waals surface area contributed by atoms with Gasteiger partial charge in [-0.1, -0.05) is 20.8 Å². The summed E-state index contributed by atoms with van der Waals surface area (Å²) < 4.78 is 0. The lowest BCUT2D eigenvalue weighted by Crippen LogP contribution is -2.43. The Morgan fingerprint density at radius 3 is 2.29 bits per heavy atom. The fourth-order valence-electron chi connectivity index (χ4n) is 3.80. The quantitative estimate of drug-likeness (QED) is 0.711. The predicted molar refractivity (Wildman–Crippen MR) is 95.6 cm³/mol. The number of hydrogen-bond donors (Lipinski definition) is 2. The van der Waals surface area contributed by atoms with E-state index in [0.717, 1.165) is 45.6 Å². The van der Waals surface area contributed by atoms with E-state index in [0.29, 0.717) is 24.9 Å². The zero-order chi connectivity index (χ0) is 17.7. The van der Waals surface area contributed by atoms with E-state index >= 15 is 0 Å². The molecule has 6 heteroatoms. The zero-order valence-electron chi connectivity index (χ0n) is 15.7. The van der Waals surface area contributed by atoms with Gasteiger partial charge in [-0.05, 0) is 37.1 Å². The Balaban J connectivity index is 1.73. The third kappa shape index (κ3) is 4.93. The third-order valence-corrected chi connectivity index (χ3v) is 5.61. The average Bonchev–Trinajstić information content (AvgIpc) is 3.16. The van der Waals surface area contributed by atoms with Crippen LogP contribution in [0.15, 0.2) is 0 Å². The number of carbonyl (C=O) groups excluding carboxylic acids is 2. The molecule has 2 aliphatic heterocycles. The molecular formula is C18H34N4O2. The first-order valence-corrected chi connectivity index (χ1v) is 9.24. The van der Waals surface area contributed by atoms with E-state index in [2.05, 4.69) is 31.4 Å². The normalized spacial score (nSPS) is 24.7. The van der Waals surface area contributed by atoms with Crippen LogP contribution in [-0.4, -0.2) is 74.5 Å². The van der Waals surface area contributed by atoms with Gasteiger partial charge >= 0.3 is 0 Å². The second-order valence-electron chi connectivity index (χ2n) is 8.18. The molecule has 0 radical (unpaired) electrons. The van der Waals surface area contributed by atoms with Crippen LogP contribution >= 0.6 is 0 Å². The molecule has 138 valence electrons. The molecule has 2 fully saturated rings. The number of likely N-dealkylation sites (tertiary alicyclic amines) is 2. The summed E-state index contributed by atoms with van der Waals surface area (Å²) in [5.41, 5.74) is 0.0766. The van der Waals surface area contributed by atoms with E-state index in [1.807, 2.05) is 9.80 Å². The molecule has 2 atom stereocenters. The molecule has 0 aliphatic carbocycles. The second-order valence-corrected chi connectivity index (χ2v) is 8.18. The third-order valence-electron chi connectivity index (χ3n) is 5.61. The Morgan fingerprint density at radius 2 is 1.67 bits per heavy atom. The highest BCUT2D eigenvalue weighted by molar-refractivity contribution is 5.79. The molecule has 0 saturated carbocycles. The smallest absolute Gasteiger partial charge is 0.236 e. The molecule has 0 aromatic carbocycles. The molecule has 2 aliphatic rings. The number of hydrogen-bond acceptors (Lipinski definition) is 4. The summed E-state index contributed by atoms with van der Waals surface area (Å²) in [6, 6.07) is 0. The van der Waals surface area contributed by atoms with Crippen molar-refractivity contribution in [3.8, 4) is 0 Å². The summed E-state index contributed by atoms with van der Waals surface area (Å²) in [4.78, 5) is 28.1. The molecule has 24 heavy (non-hydrogen) atoms. The van der Waals surface area contributed by atoms with Gasteiger partial charge in [0, 0.05) is 32.7 Å². The highest BCUT2D eigenvalue weighted by Gasteiger charge is 2.36. The molecule has 0 unspecified atom stereocenters. The molecule has 0 spiro atoms. The molecule has 6 nitrogen and oxygen atoms in total. The fraction of sp³-hybridized carbons (Fsp3) is 0.889. The first-order chi connectivity index (χ1) is 11.3. The number of nitrogens with one attached hydrogen (secondary N) is 2. The van der Waals surface area contributed by atoms with Crippen molar-refractivity contribution in [3.05, 3.63) is 0 Å². The van der Waals surface area contributed by atoms with E-state index < -0.39 is 0 Å². The molecular weight excluding hydrogens is 304 g/mol. The van der Waals surface area contributed by atoms with Gasteiger partial charge in [-0.3, -0.25) is 9.59 Å². The van der Waals surface area contributed by atoms with E-state index in [-0.39, 0.29) is 17.2 Å². The zero-order valence-corrected chi connectivity index (χ0v) is 15.7. The van der Waals surface area contributed by atoms with Crippen molar-refractivity contribution >= 4 is 11.8 Å². The maximum absolute atomic E-state index is 12.2. The van der Waals surface area contributed by atoms with Crippen LogP contribution in [0.3, 0.4) is 0 Å². The molecule has 2 saturated heterocycles. The molecule has 2 N–H and O–H groups in total. The fourth-order valence-corrected chi connectivity index (χ4v) is 3.80. The van der Waals surface area contributed by atoms with Crippen molar-refractivity contribution in [2.45, 2.75) is 33.6 Å². The molecule has 2 amide bonds. The summed E-state index contributed by atoms with van der Waals surface area (Å²) in [7, 11) is 1.80. The molecule has 2 heterocycles. The molecule has 0 aromatic heterocycles.